The van der Waals surface area contributed by atoms with Crippen molar-refractivity contribution < 1.29 is 0 Å². The molecule has 1 aromatic rings. The summed E-state index contributed by atoms with van der Waals surface area (Å²) in [6, 6.07) is 4.36. The van der Waals surface area contributed by atoms with Gasteiger partial charge < -0.3 is 0 Å². The van der Waals surface area contributed by atoms with E-state index < -0.39 is 0 Å². The van der Waals surface area contributed by atoms with Crippen molar-refractivity contribution in [3.63, 3.8) is 0 Å². The Balaban J connectivity index is 3.10. The normalized spacial score (nSPS) is 14.6. The Morgan fingerprint density at radius 3 is 2.19 bits per heavy atom. The second kappa shape index (κ2) is 5.05. The summed E-state index contributed by atoms with van der Waals surface area (Å²) in [6.07, 6.45) is 3.81. The monoisotopic (exact) mass is 236 g/mol. The van der Waals surface area contributed by atoms with Crippen molar-refractivity contribution in [3.8, 4) is 0 Å². The molecule has 1 atom stereocenters. The number of halogens is 1. The van der Waals surface area contributed by atoms with E-state index in [0.717, 1.165) is 12.8 Å². The molecule has 0 N–H and O–H groups in total. The molecule has 1 aromatic carbocycles. The molecule has 0 nitrogen and oxygen atoms in total. The first-order valence-corrected chi connectivity index (χ1v) is 6.19. The van der Waals surface area contributed by atoms with E-state index in [9.17, 15) is 0 Å². The minimum absolute atomic E-state index is 0.134. The molecule has 16 heavy (non-hydrogen) atoms. The van der Waals surface area contributed by atoms with E-state index in [1.807, 2.05) is 6.08 Å². The molecule has 1 unspecified atom stereocenters. The molecule has 0 saturated carbocycles. The van der Waals surface area contributed by atoms with Gasteiger partial charge in [-0.2, -0.15) is 0 Å². The van der Waals surface area contributed by atoms with Crippen LogP contribution in [0.2, 0.25) is 0 Å². The molecular formula is C15H21Cl. The molecule has 0 fully saturated rings. The third kappa shape index (κ3) is 3.12. The van der Waals surface area contributed by atoms with Gasteiger partial charge in [0.2, 0.25) is 0 Å². The zero-order chi connectivity index (χ0) is 12.3. The van der Waals surface area contributed by atoms with Crippen molar-refractivity contribution in [3.05, 3.63) is 41.0 Å². The van der Waals surface area contributed by atoms with Crippen LogP contribution in [0, 0.1) is 13.8 Å². The Bertz CT molecular complexity index is 365. The Morgan fingerprint density at radius 2 is 1.81 bits per heavy atom. The van der Waals surface area contributed by atoms with Crippen molar-refractivity contribution in [2.24, 2.45) is 0 Å². The van der Waals surface area contributed by atoms with Crippen LogP contribution in [0.25, 0.3) is 6.08 Å². The van der Waals surface area contributed by atoms with Crippen LogP contribution in [-0.4, -0.2) is 4.87 Å². The molecule has 0 bridgehead atoms. The number of benzene rings is 1. The van der Waals surface area contributed by atoms with Gasteiger partial charge in [0, 0.05) is 4.87 Å². The fourth-order valence-corrected chi connectivity index (χ4v) is 2.05. The van der Waals surface area contributed by atoms with Gasteiger partial charge in [0.05, 0.1) is 0 Å². The van der Waals surface area contributed by atoms with Gasteiger partial charge in [-0.3, -0.25) is 0 Å². The summed E-state index contributed by atoms with van der Waals surface area (Å²) < 4.78 is 0. The highest BCUT2D eigenvalue weighted by atomic mass is 35.5. The summed E-state index contributed by atoms with van der Waals surface area (Å²) in [5.41, 5.74) is 5.20. The van der Waals surface area contributed by atoms with Gasteiger partial charge in [-0.05, 0) is 55.9 Å². The predicted octanol–water partition coefficient (Wildman–Crippen LogP) is 4.90. The lowest BCUT2D eigenvalue weighted by Gasteiger charge is -2.22. The number of hydrogen-bond acceptors (Lipinski definition) is 0. The lowest BCUT2D eigenvalue weighted by atomic mass is 9.90. The van der Waals surface area contributed by atoms with E-state index in [4.69, 9.17) is 11.6 Å². The predicted molar refractivity (Wildman–Crippen MR) is 74.3 cm³/mol. The topological polar surface area (TPSA) is 0 Å². The van der Waals surface area contributed by atoms with Crippen LogP contribution in [0.5, 0.6) is 0 Å². The Morgan fingerprint density at radius 1 is 1.31 bits per heavy atom. The zero-order valence-electron chi connectivity index (χ0n) is 10.7. The maximum atomic E-state index is 6.45. The van der Waals surface area contributed by atoms with Crippen LogP contribution in [0.1, 0.15) is 42.5 Å². The van der Waals surface area contributed by atoms with E-state index in [-0.39, 0.29) is 4.87 Å². The van der Waals surface area contributed by atoms with Crippen LogP contribution < -0.4 is 0 Å². The third-order valence-corrected chi connectivity index (χ3v) is 3.64. The highest BCUT2D eigenvalue weighted by Crippen LogP contribution is 2.28. The summed E-state index contributed by atoms with van der Waals surface area (Å²) in [5.74, 6) is 0. The number of rotatable bonds is 4. The summed E-state index contributed by atoms with van der Waals surface area (Å²) in [5, 5.41) is 0. The molecule has 0 heterocycles. The number of aryl methyl sites for hydroxylation is 2. The van der Waals surface area contributed by atoms with E-state index in [1.165, 1.54) is 22.3 Å². The minimum Gasteiger partial charge on any atom is -0.119 e. The maximum Gasteiger partial charge on any atom is 0.0456 e. The maximum absolute atomic E-state index is 6.45. The lowest BCUT2D eigenvalue weighted by molar-refractivity contribution is 0.600. The summed E-state index contributed by atoms with van der Waals surface area (Å²) >= 11 is 6.45. The largest absolute Gasteiger partial charge is 0.119 e. The van der Waals surface area contributed by atoms with Crippen molar-refractivity contribution in [2.75, 3.05) is 0 Å². The summed E-state index contributed by atoms with van der Waals surface area (Å²) in [4.78, 5) is -0.134. The van der Waals surface area contributed by atoms with Gasteiger partial charge in [0.1, 0.15) is 0 Å². The molecule has 0 saturated heterocycles. The molecular weight excluding hydrogens is 216 g/mol. The molecule has 88 valence electrons. The average Bonchev–Trinajstić information content (AvgIpc) is 2.23. The zero-order valence-corrected chi connectivity index (χ0v) is 11.5. The smallest absolute Gasteiger partial charge is 0.0456 e. The average molecular weight is 237 g/mol. The third-order valence-electron chi connectivity index (χ3n) is 3.24. The molecule has 0 spiro atoms. The second-order valence-corrected chi connectivity index (χ2v) is 5.69. The van der Waals surface area contributed by atoms with Gasteiger partial charge in [-0.1, -0.05) is 31.7 Å². The van der Waals surface area contributed by atoms with Crippen molar-refractivity contribution in [2.45, 2.75) is 45.4 Å². The van der Waals surface area contributed by atoms with E-state index in [2.05, 4.69) is 46.4 Å². The first-order valence-electron chi connectivity index (χ1n) is 5.81. The van der Waals surface area contributed by atoms with Gasteiger partial charge in [-0.15, -0.1) is 11.6 Å². The summed E-state index contributed by atoms with van der Waals surface area (Å²) in [7, 11) is 0. The van der Waals surface area contributed by atoms with Crippen LogP contribution in [0.15, 0.2) is 18.7 Å². The molecule has 1 heteroatoms. The fourth-order valence-electron chi connectivity index (χ4n) is 1.92. The fraction of sp³-hybridized carbons (Fsp3) is 0.467. The van der Waals surface area contributed by atoms with Gasteiger partial charge in [0.15, 0.2) is 0 Å². The molecule has 0 aliphatic carbocycles. The SMILES string of the molecule is C=Cc1cc(C)c(CC(C)(Cl)CC)c(C)c1. The molecule has 1 rings (SSSR count). The first kappa shape index (κ1) is 13.3. The van der Waals surface area contributed by atoms with Crippen LogP contribution in [0.4, 0.5) is 0 Å². The van der Waals surface area contributed by atoms with Gasteiger partial charge in [-0.25, -0.2) is 0 Å². The van der Waals surface area contributed by atoms with Crippen molar-refractivity contribution in [1.82, 2.24) is 0 Å². The van der Waals surface area contributed by atoms with E-state index in [0.29, 0.717) is 0 Å². The Kier molecular flexibility index (Phi) is 4.21. The van der Waals surface area contributed by atoms with Crippen LogP contribution >= 0.6 is 11.6 Å². The molecule has 0 aliphatic heterocycles. The van der Waals surface area contributed by atoms with E-state index >= 15 is 0 Å². The van der Waals surface area contributed by atoms with Crippen molar-refractivity contribution in [1.29, 1.82) is 0 Å². The first-order chi connectivity index (χ1) is 7.39. The molecule has 0 amide bonds. The number of hydrogen-bond donors (Lipinski definition) is 0. The van der Waals surface area contributed by atoms with E-state index in [1.54, 1.807) is 0 Å². The highest BCUT2D eigenvalue weighted by Gasteiger charge is 2.20. The van der Waals surface area contributed by atoms with Crippen LogP contribution in [0.3, 0.4) is 0 Å². The Hall–Kier alpha value is -0.750. The van der Waals surface area contributed by atoms with Crippen molar-refractivity contribution >= 4 is 17.7 Å². The highest BCUT2D eigenvalue weighted by molar-refractivity contribution is 6.23. The number of alkyl halides is 1. The molecule has 0 radical (unpaired) electrons. The molecule has 0 aliphatic rings. The lowest BCUT2D eigenvalue weighted by Crippen LogP contribution is -2.19. The van der Waals surface area contributed by atoms with Gasteiger partial charge in [0.25, 0.3) is 0 Å². The second-order valence-electron chi connectivity index (χ2n) is 4.78. The van der Waals surface area contributed by atoms with Gasteiger partial charge >= 0.3 is 0 Å². The molecule has 0 aromatic heterocycles. The summed E-state index contributed by atoms with van der Waals surface area (Å²) in [6.45, 7) is 12.3. The quantitative estimate of drug-likeness (QED) is 0.653. The minimum atomic E-state index is -0.134. The Labute approximate surface area is 104 Å². The van der Waals surface area contributed by atoms with Crippen LogP contribution in [-0.2, 0) is 6.42 Å². The standard InChI is InChI=1S/C15H21Cl/c1-6-13-8-11(3)14(12(4)9-13)10-15(5,16)7-2/h6,8-9H,1,7,10H2,2-5H3.